The van der Waals surface area contributed by atoms with Crippen LogP contribution in [0.1, 0.15) is 10.4 Å². The van der Waals surface area contributed by atoms with Crippen molar-refractivity contribution in [2.75, 3.05) is 19.8 Å². The Kier molecular flexibility index (Phi) is 5.84. The first kappa shape index (κ1) is 14.7. The van der Waals surface area contributed by atoms with Gasteiger partial charge in [0.1, 0.15) is 11.8 Å². The predicted octanol–water partition coefficient (Wildman–Crippen LogP) is 0.620. The zero-order valence-electron chi connectivity index (χ0n) is 9.28. The standard InChI is InChI=1S/C10H11Cl2N3O3/c11-7-3-6(4-15-9(7)12)10(17)14-1-2-18-5-8(13)16/h3-4H,1-2,5H2,(H2,13,16)(H,14,17). The third kappa shape index (κ3) is 4.87. The van der Waals surface area contributed by atoms with E-state index in [1.54, 1.807) is 0 Å². The summed E-state index contributed by atoms with van der Waals surface area (Å²) in [6.45, 7) is 0.250. The van der Waals surface area contributed by atoms with Crippen LogP contribution in [-0.4, -0.2) is 36.6 Å². The molecule has 0 aliphatic rings. The Labute approximate surface area is 113 Å². The number of aromatic nitrogens is 1. The maximum Gasteiger partial charge on any atom is 0.252 e. The number of rotatable bonds is 6. The molecule has 0 saturated carbocycles. The summed E-state index contributed by atoms with van der Waals surface area (Å²) in [4.78, 5) is 25.7. The van der Waals surface area contributed by atoms with Crippen molar-refractivity contribution in [3.05, 3.63) is 28.0 Å². The van der Waals surface area contributed by atoms with Crippen LogP contribution >= 0.6 is 23.2 Å². The van der Waals surface area contributed by atoms with Crippen LogP contribution in [0, 0.1) is 0 Å². The highest BCUT2D eigenvalue weighted by molar-refractivity contribution is 6.41. The highest BCUT2D eigenvalue weighted by Gasteiger charge is 2.08. The molecule has 0 atom stereocenters. The molecular formula is C10H11Cl2N3O3. The van der Waals surface area contributed by atoms with Crippen LogP contribution in [0.3, 0.4) is 0 Å². The Balaban J connectivity index is 2.36. The summed E-state index contributed by atoms with van der Waals surface area (Å²) in [5.74, 6) is -0.918. The van der Waals surface area contributed by atoms with E-state index in [2.05, 4.69) is 10.3 Å². The summed E-state index contributed by atoms with van der Waals surface area (Å²) in [5, 5.41) is 2.90. The second kappa shape index (κ2) is 7.15. The van der Waals surface area contributed by atoms with Gasteiger partial charge < -0.3 is 15.8 Å². The Hall–Kier alpha value is -1.37. The highest BCUT2D eigenvalue weighted by atomic mass is 35.5. The van der Waals surface area contributed by atoms with E-state index in [9.17, 15) is 9.59 Å². The molecule has 2 amide bonds. The fraction of sp³-hybridized carbons (Fsp3) is 0.300. The molecule has 8 heteroatoms. The summed E-state index contributed by atoms with van der Waals surface area (Å²) in [5.41, 5.74) is 5.16. The largest absolute Gasteiger partial charge is 0.370 e. The lowest BCUT2D eigenvalue weighted by Crippen LogP contribution is -2.28. The Morgan fingerprint density at radius 3 is 2.78 bits per heavy atom. The van der Waals surface area contributed by atoms with Gasteiger partial charge in [0.05, 0.1) is 17.2 Å². The summed E-state index contributed by atoms with van der Waals surface area (Å²) in [7, 11) is 0. The Bertz CT molecular complexity index is 454. The van der Waals surface area contributed by atoms with Crippen molar-refractivity contribution in [3.63, 3.8) is 0 Å². The van der Waals surface area contributed by atoms with Crippen molar-refractivity contribution in [1.29, 1.82) is 0 Å². The van der Waals surface area contributed by atoms with Crippen LogP contribution in [0.2, 0.25) is 10.2 Å². The number of hydrogen-bond acceptors (Lipinski definition) is 4. The summed E-state index contributed by atoms with van der Waals surface area (Å²) in [6, 6.07) is 1.41. The maximum absolute atomic E-state index is 11.6. The van der Waals surface area contributed by atoms with Crippen molar-refractivity contribution >= 4 is 35.0 Å². The van der Waals surface area contributed by atoms with Gasteiger partial charge in [-0.25, -0.2) is 4.98 Å². The number of nitrogens with one attached hydrogen (secondary N) is 1. The van der Waals surface area contributed by atoms with Gasteiger partial charge in [-0.05, 0) is 6.07 Å². The molecule has 18 heavy (non-hydrogen) atoms. The summed E-state index contributed by atoms with van der Waals surface area (Å²) in [6.07, 6.45) is 1.31. The molecule has 0 radical (unpaired) electrons. The molecular weight excluding hydrogens is 281 g/mol. The molecule has 0 aromatic carbocycles. The topological polar surface area (TPSA) is 94.3 Å². The van der Waals surface area contributed by atoms with E-state index in [0.29, 0.717) is 5.56 Å². The second-order valence-electron chi connectivity index (χ2n) is 3.27. The number of halogens is 2. The van der Waals surface area contributed by atoms with Crippen LogP contribution in [-0.2, 0) is 9.53 Å². The smallest absolute Gasteiger partial charge is 0.252 e. The number of hydrogen-bond donors (Lipinski definition) is 2. The monoisotopic (exact) mass is 291 g/mol. The van der Waals surface area contributed by atoms with Crippen LogP contribution in [0.15, 0.2) is 12.3 Å². The number of primary amides is 1. The van der Waals surface area contributed by atoms with Crippen molar-refractivity contribution in [2.45, 2.75) is 0 Å². The van der Waals surface area contributed by atoms with Crippen molar-refractivity contribution < 1.29 is 14.3 Å². The number of amides is 2. The SMILES string of the molecule is NC(=O)COCCNC(=O)c1cnc(Cl)c(Cl)c1. The molecule has 0 unspecified atom stereocenters. The lowest BCUT2D eigenvalue weighted by molar-refractivity contribution is -0.122. The van der Waals surface area contributed by atoms with Crippen LogP contribution in [0.4, 0.5) is 0 Å². The van der Waals surface area contributed by atoms with Crippen molar-refractivity contribution in [3.8, 4) is 0 Å². The van der Waals surface area contributed by atoms with E-state index in [4.69, 9.17) is 33.7 Å². The van der Waals surface area contributed by atoms with E-state index in [-0.39, 0.29) is 35.8 Å². The van der Waals surface area contributed by atoms with Crippen molar-refractivity contribution in [2.24, 2.45) is 5.73 Å². The number of nitrogens with zero attached hydrogens (tertiary/aromatic N) is 1. The minimum atomic E-state index is -0.560. The molecule has 3 N–H and O–H groups in total. The molecule has 0 saturated heterocycles. The lowest BCUT2D eigenvalue weighted by Gasteiger charge is -2.05. The van der Waals surface area contributed by atoms with Gasteiger partial charge in [0.25, 0.3) is 5.91 Å². The molecule has 6 nitrogen and oxygen atoms in total. The number of carbonyl (C=O) groups is 2. The first-order valence-electron chi connectivity index (χ1n) is 4.96. The molecule has 1 rings (SSSR count). The quantitative estimate of drug-likeness (QED) is 0.593. The van der Waals surface area contributed by atoms with Gasteiger partial charge in [0.15, 0.2) is 0 Å². The number of carbonyl (C=O) groups excluding carboxylic acids is 2. The van der Waals surface area contributed by atoms with Gasteiger partial charge in [-0.15, -0.1) is 0 Å². The Morgan fingerprint density at radius 1 is 1.44 bits per heavy atom. The molecule has 98 valence electrons. The maximum atomic E-state index is 11.6. The average molecular weight is 292 g/mol. The molecule has 1 aromatic rings. The lowest BCUT2D eigenvalue weighted by atomic mass is 10.3. The average Bonchev–Trinajstić information content (AvgIpc) is 2.31. The van der Waals surface area contributed by atoms with Gasteiger partial charge in [-0.2, -0.15) is 0 Å². The molecule has 0 bridgehead atoms. The molecule has 0 aliphatic heterocycles. The first-order chi connectivity index (χ1) is 8.50. The third-order valence-electron chi connectivity index (χ3n) is 1.83. The second-order valence-corrected chi connectivity index (χ2v) is 4.04. The zero-order chi connectivity index (χ0) is 13.5. The molecule has 0 aliphatic carbocycles. The van der Waals surface area contributed by atoms with E-state index in [1.165, 1.54) is 12.3 Å². The molecule has 1 aromatic heterocycles. The van der Waals surface area contributed by atoms with Gasteiger partial charge in [-0.1, -0.05) is 23.2 Å². The van der Waals surface area contributed by atoms with Gasteiger partial charge in [0.2, 0.25) is 5.91 Å². The van der Waals surface area contributed by atoms with E-state index in [1.807, 2.05) is 0 Å². The molecule has 0 spiro atoms. The van der Waals surface area contributed by atoms with Crippen LogP contribution in [0.5, 0.6) is 0 Å². The number of ether oxygens (including phenoxy) is 1. The summed E-state index contributed by atoms with van der Waals surface area (Å²) < 4.78 is 4.87. The number of nitrogens with two attached hydrogens (primary N) is 1. The minimum absolute atomic E-state index is 0.137. The van der Waals surface area contributed by atoms with E-state index >= 15 is 0 Å². The van der Waals surface area contributed by atoms with Gasteiger partial charge in [-0.3, -0.25) is 9.59 Å². The fourth-order valence-electron chi connectivity index (χ4n) is 1.06. The van der Waals surface area contributed by atoms with Crippen LogP contribution < -0.4 is 11.1 Å². The highest BCUT2D eigenvalue weighted by Crippen LogP contribution is 2.19. The first-order valence-corrected chi connectivity index (χ1v) is 5.71. The third-order valence-corrected chi connectivity index (χ3v) is 2.52. The Morgan fingerprint density at radius 2 is 2.17 bits per heavy atom. The predicted molar refractivity (Wildman–Crippen MR) is 66.6 cm³/mol. The van der Waals surface area contributed by atoms with Crippen LogP contribution in [0.25, 0.3) is 0 Å². The minimum Gasteiger partial charge on any atom is -0.370 e. The zero-order valence-corrected chi connectivity index (χ0v) is 10.8. The fourth-order valence-corrected chi connectivity index (χ4v) is 1.33. The van der Waals surface area contributed by atoms with Gasteiger partial charge in [0, 0.05) is 12.7 Å². The molecule has 1 heterocycles. The normalized spacial score (nSPS) is 10.1. The molecule has 0 fully saturated rings. The number of pyridine rings is 1. The van der Waals surface area contributed by atoms with E-state index < -0.39 is 5.91 Å². The summed E-state index contributed by atoms with van der Waals surface area (Å²) >= 11 is 11.3. The van der Waals surface area contributed by atoms with E-state index in [0.717, 1.165) is 0 Å². The van der Waals surface area contributed by atoms with Crippen molar-refractivity contribution in [1.82, 2.24) is 10.3 Å². The van der Waals surface area contributed by atoms with Gasteiger partial charge >= 0.3 is 0 Å².